The van der Waals surface area contributed by atoms with Gasteiger partial charge in [0.15, 0.2) is 17.4 Å². The second-order valence-electron chi connectivity index (χ2n) is 4.46. The zero-order valence-corrected chi connectivity index (χ0v) is 12.5. The molecule has 0 radical (unpaired) electrons. The zero-order chi connectivity index (χ0) is 16.0. The number of hydrogen-bond donors (Lipinski definition) is 1. The number of nitrogens with zero attached hydrogens (tertiary/aromatic N) is 3. The van der Waals surface area contributed by atoms with Gasteiger partial charge in [-0.25, -0.2) is 14.2 Å². The van der Waals surface area contributed by atoms with Gasteiger partial charge in [0.2, 0.25) is 0 Å². The topological polar surface area (TPSA) is 82.5 Å². The number of hydrogen-bond acceptors (Lipinski definition) is 4. The zero-order valence-electron chi connectivity index (χ0n) is 12.5. The lowest BCUT2D eigenvalue weighted by atomic mass is 10.1. The Hall–Kier alpha value is -2.18. The van der Waals surface area contributed by atoms with Gasteiger partial charge in [-0.1, -0.05) is 6.08 Å². The van der Waals surface area contributed by atoms with E-state index in [1.54, 1.807) is 13.0 Å². The minimum Gasteiger partial charge on any atom is -0.461 e. The number of rotatable bonds is 7. The first kappa shape index (κ1) is 16.9. The Kier molecular flexibility index (Phi) is 6.08. The van der Waals surface area contributed by atoms with E-state index in [-0.39, 0.29) is 24.0 Å². The quantitative estimate of drug-likeness (QED) is 0.360. The first-order valence-corrected chi connectivity index (χ1v) is 6.69. The highest BCUT2D eigenvalue weighted by Crippen LogP contribution is 2.22. The average Bonchev–Trinajstić information content (AvgIpc) is 2.88. The molecule has 0 amide bonds. The van der Waals surface area contributed by atoms with Crippen molar-refractivity contribution >= 4 is 11.8 Å². The van der Waals surface area contributed by atoms with E-state index >= 15 is 0 Å². The lowest BCUT2D eigenvalue weighted by molar-refractivity contribution is 0.0519. The second-order valence-corrected chi connectivity index (χ2v) is 4.46. The number of ether oxygens (including phenoxy) is 1. The number of aromatic nitrogens is 2. The van der Waals surface area contributed by atoms with Gasteiger partial charge in [-0.05, 0) is 20.3 Å². The molecule has 0 aliphatic carbocycles. The molecule has 0 aliphatic rings. The fourth-order valence-corrected chi connectivity index (χ4v) is 1.93. The van der Waals surface area contributed by atoms with Gasteiger partial charge in [0.05, 0.1) is 12.6 Å². The molecule has 1 aromatic heterocycles. The Morgan fingerprint density at radius 3 is 2.86 bits per heavy atom. The van der Waals surface area contributed by atoms with Crippen molar-refractivity contribution in [2.75, 3.05) is 13.7 Å². The fraction of sp³-hybridized carbons (Fsp3) is 0.500. The first-order valence-electron chi connectivity index (χ1n) is 6.69. The van der Waals surface area contributed by atoms with Crippen LogP contribution in [0.5, 0.6) is 0 Å². The molecule has 0 saturated heterocycles. The van der Waals surface area contributed by atoms with E-state index in [2.05, 4.69) is 16.6 Å². The number of carbonyl (C=O) groups is 1. The summed E-state index contributed by atoms with van der Waals surface area (Å²) in [5.74, 6) is -0.206. The summed E-state index contributed by atoms with van der Waals surface area (Å²) < 4.78 is 20.3. The van der Waals surface area contributed by atoms with Crippen LogP contribution in [0, 0.1) is 0 Å². The molecule has 0 aromatic carbocycles. The highest BCUT2D eigenvalue weighted by molar-refractivity contribution is 5.96. The molecule has 0 aliphatic heterocycles. The van der Waals surface area contributed by atoms with Crippen LogP contribution in [0.4, 0.5) is 4.39 Å². The number of imidazole rings is 1. The van der Waals surface area contributed by atoms with Gasteiger partial charge in [0.25, 0.3) is 0 Å². The number of esters is 1. The summed E-state index contributed by atoms with van der Waals surface area (Å²) in [6.07, 6.45) is 2.25. The Morgan fingerprint density at radius 1 is 1.71 bits per heavy atom. The standard InChI is InChI=1S/C14H21FN4O2/c1-5-7-11(9(3)15)19-8-10(14(20)21-6-2)18-13(19)12(16)17-4/h5,8-9,11H,1,6-7H2,2-4H3,(H2,16,17)/t9?,11-/m1/s1. The van der Waals surface area contributed by atoms with Gasteiger partial charge >= 0.3 is 5.97 Å². The molecule has 2 N–H and O–H groups in total. The van der Waals surface area contributed by atoms with Crippen LogP contribution in [0.3, 0.4) is 0 Å². The largest absolute Gasteiger partial charge is 0.461 e. The third-order valence-electron chi connectivity index (χ3n) is 2.98. The Morgan fingerprint density at radius 2 is 2.38 bits per heavy atom. The van der Waals surface area contributed by atoms with Crippen molar-refractivity contribution in [1.82, 2.24) is 9.55 Å². The maximum absolute atomic E-state index is 13.9. The van der Waals surface area contributed by atoms with Crippen molar-refractivity contribution in [1.29, 1.82) is 0 Å². The van der Waals surface area contributed by atoms with E-state index in [4.69, 9.17) is 10.5 Å². The number of halogens is 1. The van der Waals surface area contributed by atoms with Gasteiger partial charge in [-0.3, -0.25) is 4.99 Å². The van der Waals surface area contributed by atoms with Crippen molar-refractivity contribution in [3.8, 4) is 0 Å². The highest BCUT2D eigenvalue weighted by atomic mass is 19.1. The number of alkyl halides is 1. The molecule has 21 heavy (non-hydrogen) atoms. The molecule has 0 saturated carbocycles. The van der Waals surface area contributed by atoms with Gasteiger partial charge in [0, 0.05) is 13.2 Å². The van der Waals surface area contributed by atoms with Crippen LogP contribution >= 0.6 is 0 Å². The second kappa shape index (κ2) is 7.56. The smallest absolute Gasteiger partial charge is 0.358 e. The summed E-state index contributed by atoms with van der Waals surface area (Å²) in [6.45, 7) is 6.98. The van der Waals surface area contributed by atoms with E-state index in [9.17, 15) is 9.18 Å². The van der Waals surface area contributed by atoms with Crippen LogP contribution in [0.2, 0.25) is 0 Å². The molecule has 0 bridgehead atoms. The molecule has 7 heteroatoms. The maximum Gasteiger partial charge on any atom is 0.358 e. The number of nitrogens with two attached hydrogens (primary N) is 1. The van der Waals surface area contributed by atoms with Crippen LogP contribution < -0.4 is 5.73 Å². The van der Waals surface area contributed by atoms with Crippen LogP contribution in [-0.2, 0) is 4.74 Å². The van der Waals surface area contributed by atoms with E-state index in [1.807, 2.05) is 0 Å². The van der Waals surface area contributed by atoms with E-state index < -0.39 is 18.2 Å². The van der Waals surface area contributed by atoms with E-state index in [0.717, 1.165) is 0 Å². The van der Waals surface area contributed by atoms with Crippen molar-refractivity contribution in [2.24, 2.45) is 10.7 Å². The fourth-order valence-electron chi connectivity index (χ4n) is 1.93. The number of amidine groups is 1. The van der Waals surface area contributed by atoms with Crippen molar-refractivity contribution in [3.63, 3.8) is 0 Å². The number of aliphatic imine (C=N–C) groups is 1. The number of carbonyl (C=O) groups excluding carboxylic acids is 1. The predicted molar refractivity (Wildman–Crippen MR) is 79.3 cm³/mol. The number of allylic oxidation sites excluding steroid dienone is 1. The predicted octanol–water partition coefficient (Wildman–Crippen LogP) is 1.87. The molecule has 1 unspecified atom stereocenters. The van der Waals surface area contributed by atoms with Gasteiger partial charge in [0.1, 0.15) is 6.17 Å². The molecule has 0 spiro atoms. The molecule has 1 aromatic rings. The van der Waals surface area contributed by atoms with Crippen LogP contribution in [0.25, 0.3) is 0 Å². The van der Waals surface area contributed by atoms with Gasteiger partial charge < -0.3 is 15.0 Å². The third kappa shape index (κ3) is 3.90. The molecular formula is C14H21FN4O2. The third-order valence-corrected chi connectivity index (χ3v) is 2.98. The lowest BCUT2D eigenvalue weighted by Gasteiger charge is -2.20. The minimum atomic E-state index is -1.17. The Labute approximate surface area is 123 Å². The molecule has 0 fully saturated rings. The molecule has 116 valence electrons. The van der Waals surface area contributed by atoms with Crippen LogP contribution in [0.1, 0.15) is 42.6 Å². The summed E-state index contributed by atoms with van der Waals surface area (Å²) in [7, 11) is 1.50. The Bertz CT molecular complexity index is 537. The Balaban J connectivity index is 3.33. The monoisotopic (exact) mass is 296 g/mol. The summed E-state index contributed by atoms with van der Waals surface area (Å²) in [5, 5.41) is 0. The normalized spacial score (nSPS) is 14.6. The van der Waals surface area contributed by atoms with Gasteiger partial charge in [-0.2, -0.15) is 0 Å². The summed E-state index contributed by atoms with van der Waals surface area (Å²) in [6, 6.07) is -0.562. The van der Waals surface area contributed by atoms with Crippen LogP contribution in [-0.4, -0.2) is 41.2 Å². The van der Waals surface area contributed by atoms with Crippen molar-refractivity contribution in [2.45, 2.75) is 32.5 Å². The minimum absolute atomic E-state index is 0.0770. The van der Waals surface area contributed by atoms with Crippen LogP contribution in [0.15, 0.2) is 23.8 Å². The summed E-state index contributed by atoms with van der Waals surface area (Å²) in [4.78, 5) is 19.7. The average molecular weight is 296 g/mol. The first-order chi connectivity index (χ1) is 9.96. The maximum atomic E-state index is 13.9. The summed E-state index contributed by atoms with van der Waals surface area (Å²) >= 11 is 0. The van der Waals surface area contributed by atoms with Gasteiger partial charge in [-0.15, -0.1) is 6.58 Å². The molecule has 6 nitrogen and oxygen atoms in total. The van der Waals surface area contributed by atoms with Crippen molar-refractivity contribution < 1.29 is 13.9 Å². The van der Waals surface area contributed by atoms with E-state index in [1.165, 1.54) is 24.7 Å². The molecule has 1 heterocycles. The van der Waals surface area contributed by atoms with E-state index in [0.29, 0.717) is 6.42 Å². The summed E-state index contributed by atoms with van der Waals surface area (Å²) in [5.41, 5.74) is 5.86. The lowest BCUT2D eigenvalue weighted by Crippen LogP contribution is -2.25. The molecular weight excluding hydrogens is 275 g/mol. The molecule has 2 atom stereocenters. The molecule has 1 rings (SSSR count). The highest BCUT2D eigenvalue weighted by Gasteiger charge is 2.25. The SMILES string of the molecule is C=CC[C@H](C(C)F)n1cc(C(=O)OCC)nc1/C(N)=N\C. The van der Waals surface area contributed by atoms with Crippen molar-refractivity contribution in [3.05, 3.63) is 30.4 Å².